The molecule has 34 heavy (non-hydrogen) atoms. The lowest BCUT2D eigenvalue weighted by molar-refractivity contribution is 0.0950. The molecule has 12 heteroatoms. The first kappa shape index (κ1) is 23.0. The zero-order chi connectivity index (χ0) is 24.1. The summed E-state index contributed by atoms with van der Waals surface area (Å²) in [7, 11) is -1.46. The van der Waals surface area contributed by atoms with Crippen LogP contribution in [0.5, 0.6) is 0 Å². The maximum atomic E-state index is 12.6. The first-order valence-corrected chi connectivity index (χ1v) is 12.1. The van der Waals surface area contributed by atoms with Crippen LogP contribution < -0.4 is 10.6 Å². The van der Waals surface area contributed by atoms with Crippen LogP contribution in [0.1, 0.15) is 21.9 Å². The highest BCUT2D eigenvalue weighted by Crippen LogP contribution is 2.16. The number of nitrogens with zero attached hydrogens (tertiary/aromatic N) is 6. The van der Waals surface area contributed by atoms with Crippen molar-refractivity contribution in [3.63, 3.8) is 0 Å². The van der Waals surface area contributed by atoms with Gasteiger partial charge in [0.1, 0.15) is 12.0 Å². The lowest BCUT2D eigenvalue weighted by Gasteiger charge is -2.09. The molecular weight excluding hydrogens is 456 g/mol. The first-order valence-electron chi connectivity index (χ1n) is 10.2. The molecule has 0 unspecified atom stereocenters. The molecule has 11 nitrogen and oxygen atoms in total. The van der Waals surface area contributed by atoms with E-state index in [0.29, 0.717) is 35.1 Å². The van der Waals surface area contributed by atoms with Crippen LogP contribution in [0, 0.1) is 0 Å². The van der Waals surface area contributed by atoms with Crippen molar-refractivity contribution >= 4 is 21.4 Å². The van der Waals surface area contributed by atoms with Gasteiger partial charge in [0.05, 0.1) is 23.7 Å². The fourth-order valence-electron chi connectivity index (χ4n) is 3.12. The van der Waals surface area contributed by atoms with Crippen LogP contribution in [0.4, 0.5) is 5.69 Å². The van der Waals surface area contributed by atoms with Crippen molar-refractivity contribution in [3.05, 3.63) is 78.3 Å². The molecule has 0 aliphatic heterocycles. The number of nitrogens with one attached hydrogen (secondary N) is 2. The van der Waals surface area contributed by atoms with Gasteiger partial charge in [0, 0.05) is 36.9 Å². The molecule has 0 fully saturated rings. The average molecular weight is 479 g/mol. The zero-order valence-electron chi connectivity index (χ0n) is 18.5. The van der Waals surface area contributed by atoms with Crippen molar-refractivity contribution in [3.8, 4) is 11.5 Å². The fourth-order valence-corrected chi connectivity index (χ4v) is 3.68. The minimum atomic E-state index is -3.31. The number of sulfone groups is 1. The van der Waals surface area contributed by atoms with E-state index in [1.807, 2.05) is 17.7 Å². The minimum absolute atomic E-state index is 0.133. The molecule has 0 aliphatic rings. The number of benzene rings is 1. The Labute approximate surface area is 196 Å². The Morgan fingerprint density at radius 2 is 1.91 bits per heavy atom. The summed E-state index contributed by atoms with van der Waals surface area (Å²) >= 11 is 0. The van der Waals surface area contributed by atoms with Crippen LogP contribution in [-0.4, -0.2) is 50.3 Å². The van der Waals surface area contributed by atoms with E-state index < -0.39 is 9.84 Å². The smallest absolute Gasteiger partial charge is 0.251 e. The molecule has 2 N–H and O–H groups in total. The second-order valence-electron chi connectivity index (χ2n) is 7.47. The molecule has 1 amide bonds. The van der Waals surface area contributed by atoms with Crippen molar-refractivity contribution in [1.82, 2.24) is 35.0 Å². The monoisotopic (exact) mass is 478 g/mol. The summed E-state index contributed by atoms with van der Waals surface area (Å²) in [5.74, 6) is 1.06. The van der Waals surface area contributed by atoms with E-state index in [1.54, 1.807) is 36.5 Å². The number of hydrogen-bond acceptors (Lipinski definition) is 9. The summed E-state index contributed by atoms with van der Waals surface area (Å²) in [5, 5.41) is 14.4. The van der Waals surface area contributed by atoms with Crippen molar-refractivity contribution in [2.24, 2.45) is 7.05 Å². The van der Waals surface area contributed by atoms with Crippen LogP contribution in [0.3, 0.4) is 0 Å². The van der Waals surface area contributed by atoms with Crippen LogP contribution in [0.15, 0.2) is 66.1 Å². The topological polar surface area (TPSA) is 145 Å². The average Bonchev–Trinajstić information content (AvgIpc) is 3.21. The lowest BCUT2D eigenvalue weighted by Crippen LogP contribution is -2.23. The molecular formula is C22H22N8O3S. The van der Waals surface area contributed by atoms with E-state index in [0.717, 1.165) is 11.9 Å². The summed E-state index contributed by atoms with van der Waals surface area (Å²) in [6.07, 6.45) is 5.50. The predicted octanol–water partition coefficient (Wildman–Crippen LogP) is 1.61. The van der Waals surface area contributed by atoms with E-state index in [4.69, 9.17) is 0 Å². The quantitative estimate of drug-likeness (QED) is 0.386. The number of hydrogen-bond donors (Lipinski definition) is 2. The van der Waals surface area contributed by atoms with Crippen LogP contribution in [0.2, 0.25) is 0 Å². The van der Waals surface area contributed by atoms with Gasteiger partial charge in [0.25, 0.3) is 5.91 Å². The van der Waals surface area contributed by atoms with E-state index >= 15 is 0 Å². The molecule has 0 saturated heterocycles. The SMILES string of the molecule is Cn1c(CNc2cccc(C(=O)NCc3ccc(S(C)(=O)=O)cn3)c2)nnc1-c1ccncn1. The van der Waals surface area contributed by atoms with Gasteiger partial charge < -0.3 is 15.2 Å². The molecule has 0 bridgehead atoms. The number of carbonyl (C=O) groups excluding carboxylic acids is 1. The van der Waals surface area contributed by atoms with Crippen LogP contribution >= 0.6 is 0 Å². The zero-order valence-corrected chi connectivity index (χ0v) is 19.3. The second kappa shape index (κ2) is 9.75. The molecule has 0 atom stereocenters. The Hall–Kier alpha value is -4.19. The summed E-state index contributed by atoms with van der Waals surface area (Å²) in [5.41, 5.74) is 2.44. The largest absolute Gasteiger partial charge is 0.378 e. The standard InChI is InChI=1S/C22H22N8O3S/c1-30-20(28-29-21(30)19-8-9-23-14-27-19)13-25-16-5-3-4-15(10-16)22(31)26-11-17-6-7-18(12-24-17)34(2,32)33/h3-10,12,14,25H,11,13H2,1-2H3,(H,26,31). The molecule has 4 rings (SSSR count). The molecule has 3 aromatic heterocycles. The summed E-state index contributed by atoms with van der Waals surface area (Å²) in [6.45, 7) is 0.571. The predicted molar refractivity (Wildman–Crippen MR) is 124 cm³/mol. The Morgan fingerprint density at radius 1 is 1.06 bits per heavy atom. The second-order valence-corrected chi connectivity index (χ2v) is 9.48. The highest BCUT2D eigenvalue weighted by Gasteiger charge is 2.12. The molecule has 0 spiro atoms. The molecule has 4 aromatic rings. The minimum Gasteiger partial charge on any atom is -0.378 e. The molecule has 0 saturated carbocycles. The third-order valence-corrected chi connectivity index (χ3v) is 6.11. The van der Waals surface area contributed by atoms with Gasteiger partial charge in [-0.1, -0.05) is 6.07 Å². The van der Waals surface area contributed by atoms with Gasteiger partial charge in [-0.05, 0) is 36.4 Å². The third kappa shape index (κ3) is 5.41. The van der Waals surface area contributed by atoms with E-state index in [2.05, 4.69) is 35.8 Å². The van der Waals surface area contributed by atoms with Crippen LogP contribution in [-0.2, 0) is 30.0 Å². The number of carbonyl (C=O) groups is 1. The van der Waals surface area contributed by atoms with E-state index in [-0.39, 0.29) is 17.3 Å². The number of anilines is 1. The van der Waals surface area contributed by atoms with Gasteiger partial charge >= 0.3 is 0 Å². The molecule has 3 heterocycles. The Balaban J connectivity index is 1.37. The molecule has 174 valence electrons. The number of amides is 1. The highest BCUT2D eigenvalue weighted by molar-refractivity contribution is 7.90. The van der Waals surface area contributed by atoms with Crippen molar-refractivity contribution in [1.29, 1.82) is 0 Å². The van der Waals surface area contributed by atoms with Gasteiger partial charge in [-0.2, -0.15) is 0 Å². The van der Waals surface area contributed by atoms with Gasteiger partial charge in [-0.25, -0.2) is 18.4 Å². The first-order chi connectivity index (χ1) is 16.3. The number of rotatable bonds is 8. The molecule has 0 radical (unpaired) electrons. The van der Waals surface area contributed by atoms with Gasteiger partial charge in [-0.3, -0.25) is 9.78 Å². The maximum Gasteiger partial charge on any atom is 0.251 e. The highest BCUT2D eigenvalue weighted by atomic mass is 32.2. The van der Waals surface area contributed by atoms with Gasteiger partial charge in [0.2, 0.25) is 0 Å². The van der Waals surface area contributed by atoms with Gasteiger partial charge in [0.15, 0.2) is 21.5 Å². The third-order valence-electron chi connectivity index (χ3n) is 5.01. The maximum absolute atomic E-state index is 12.6. The summed E-state index contributed by atoms with van der Waals surface area (Å²) in [4.78, 5) is 24.9. The Morgan fingerprint density at radius 3 is 2.62 bits per heavy atom. The molecule has 1 aromatic carbocycles. The normalized spacial score (nSPS) is 11.2. The van der Waals surface area contributed by atoms with Crippen molar-refractivity contribution in [2.75, 3.05) is 11.6 Å². The van der Waals surface area contributed by atoms with Crippen molar-refractivity contribution < 1.29 is 13.2 Å². The summed E-state index contributed by atoms with van der Waals surface area (Å²) < 4.78 is 24.9. The summed E-state index contributed by atoms with van der Waals surface area (Å²) in [6, 6.07) is 11.9. The number of pyridine rings is 1. The lowest BCUT2D eigenvalue weighted by atomic mass is 10.2. The van der Waals surface area contributed by atoms with Crippen LogP contribution in [0.25, 0.3) is 11.5 Å². The van der Waals surface area contributed by atoms with Gasteiger partial charge in [-0.15, -0.1) is 10.2 Å². The number of aromatic nitrogens is 6. The Bertz CT molecular complexity index is 1400. The van der Waals surface area contributed by atoms with Crippen molar-refractivity contribution in [2.45, 2.75) is 18.0 Å². The molecule has 0 aliphatic carbocycles. The van der Waals surface area contributed by atoms with E-state index in [9.17, 15) is 13.2 Å². The van der Waals surface area contributed by atoms with E-state index in [1.165, 1.54) is 18.6 Å². The Kier molecular flexibility index (Phi) is 6.59. The fraction of sp³-hybridized carbons (Fsp3) is 0.182.